The van der Waals surface area contributed by atoms with Crippen molar-refractivity contribution >= 4 is 16.8 Å². The zero-order chi connectivity index (χ0) is 18.8. The number of likely N-dealkylation sites (tertiary alicyclic amines) is 1. The lowest BCUT2D eigenvalue weighted by Gasteiger charge is -2.32. The average Bonchev–Trinajstić information content (AvgIpc) is 3.01. The molecule has 140 valence electrons. The summed E-state index contributed by atoms with van der Waals surface area (Å²) in [5, 5.41) is 4.26. The van der Waals surface area contributed by atoms with Gasteiger partial charge in [0.2, 0.25) is 0 Å². The normalized spacial score (nSPS) is 15.9. The monoisotopic (exact) mass is 365 g/mol. The van der Waals surface area contributed by atoms with Crippen molar-refractivity contribution < 1.29 is 9.18 Å². The largest absolute Gasteiger partial charge is 0.350 e. The van der Waals surface area contributed by atoms with E-state index in [4.69, 9.17) is 0 Å². The number of nitrogens with one attached hydrogen (secondary N) is 2. The van der Waals surface area contributed by atoms with Gasteiger partial charge in [0.1, 0.15) is 11.5 Å². The number of hydrogen-bond donors (Lipinski definition) is 2. The van der Waals surface area contributed by atoms with Crippen LogP contribution in [0.4, 0.5) is 4.39 Å². The van der Waals surface area contributed by atoms with E-state index in [-0.39, 0.29) is 17.8 Å². The van der Waals surface area contributed by atoms with Gasteiger partial charge in [-0.2, -0.15) is 0 Å². The molecule has 1 aliphatic heterocycles. The number of aromatic nitrogens is 1. The maximum atomic E-state index is 13.3. The molecule has 27 heavy (non-hydrogen) atoms. The van der Waals surface area contributed by atoms with Gasteiger partial charge >= 0.3 is 0 Å². The van der Waals surface area contributed by atoms with Crippen LogP contribution in [0.15, 0.2) is 48.5 Å². The molecule has 2 heterocycles. The molecule has 1 amide bonds. The Morgan fingerprint density at radius 3 is 2.70 bits per heavy atom. The van der Waals surface area contributed by atoms with Crippen LogP contribution in [0.25, 0.3) is 10.9 Å². The van der Waals surface area contributed by atoms with Crippen molar-refractivity contribution in [3.05, 3.63) is 71.2 Å². The molecule has 0 radical (unpaired) electrons. The minimum Gasteiger partial charge on any atom is -0.350 e. The van der Waals surface area contributed by atoms with Crippen LogP contribution in [0, 0.1) is 12.7 Å². The van der Waals surface area contributed by atoms with Gasteiger partial charge in [0.15, 0.2) is 0 Å². The lowest BCUT2D eigenvalue weighted by atomic mass is 10.0. The van der Waals surface area contributed by atoms with Crippen LogP contribution in [0.2, 0.25) is 0 Å². The first-order valence-corrected chi connectivity index (χ1v) is 9.45. The van der Waals surface area contributed by atoms with E-state index < -0.39 is 0 Å². The summed E-state index contributed by atoms with van der Waals surface area (Å²) >= 11 is 0. The second-order valence-electron chi connectivity index (χ2n) is 7.32. The molecule has 0 bridgehead atoms. The van der Waals surface area contributed by atoms with Crippen molar-refractivity contribution in [3.63, 3.8) is 0 Å². The number of H-pyrrole nitrogens is 1. The van der Waals surface area contributed by atoms with E-state index in [9.17, 15) is 9.18 Å². The molecule has 4 nitrogen and oxygen atoms in total. The van der Waals surface area contributed by atoms with Crippen LogP contribution in [0.3, 0.4) is 0 Å². The Morgan fingerprint density at radius 2 is 1.96 bits per heavy atom. The lowest BCUT2D eigenvalue weighted by Crippen LogP contribution is -2.44. The minimum absolute atomic E-state index is 0.0349. The van der Waals surface area contributed by atoms with Gasteiger partial charge in [-0.25, -0.2) is 4.39 Å². The first-order chi connectivity index (χ1) is 13.1. The fraction of sp³-hybridized carbons (Fsp3) is 0.318. The standard InChI is InChI=1S/C22H24FN3O/c1-15-19-7-2-3-8-20(19)25-21(15)22(27)24-18-9-11-26(12-10-18)14-16-5-4-6-17(23)13-16/h2-8,13,18,25H,9-12,14H2,1H3,(H,24,27). The zero-order valence-electron chi connectivity index (χ0n) is 15.5. The number of nitrogens with zero attached hydrogens (tertiary/aromatic N) is 1. The number of fused-ring (bicyclic) bond motifs is 1. The maximum absolute atomic E-state index is 13.3. The molecule has 3 aromatic rings. The van der Waals surface area contributed by atoms with Crippen molar-refractivity contribution in [1.29, 1.82) is 0 Å². The lowest BCUT2D eigenvalue weighted by molar-refractivity contribution is 0.0904. The minimum atomic E-state index is -0.191. The van der Waals surface area contributed by atoms with Crippen LogP contribution < -0.4 is 5.32 Å². The molecule has 5 heteroatoms. The predicted molar refractivity (Wildman–Crippen MR) is 105 cm³/mol. The van der Waals surface area contributed by atoms with Gasteiger partial charge in [0.05, 0.1) is 0 Å². The molecule has 0 aliphatic carbocycles. The van der Waals surface area contributed by atoms with Crippen molar-refractivity contribution in [1.82, 2.24) is 15.2 Å². The van der Waals surface area contributed by atoms with Gasteiger partial charge in [-0.1, -0.05) is 30.3 Å². The molecule has 2 aromatic carbocycles. The van der Waals surface area contributed by atoms with E-state index in [1.807, 2.05) is 37.3 Å². The van der Waals surface area contributed by atoms with E-state index >= 15 is 0 Å². The van der Waals surface area contributed by atoms with Gasteiger partial charge < -0.3 is 10.3 Å². The average molecular weight is 365 g/mol. The van der Waals surface area contributed by atoms with E-state index in [0.717, 1.165) is 54.5 Å². The third-order valence-electron chi connectivity index (χ3n) is 5.41. The third kappa shape index (κ3) is 3.88. The number of carbonyl (C=O) groups excluding carboxylic acids is 1. The Hall–Kier alpha value is -2.66. The molecule has 1 fully saturated rings. The number of benzene rings is 2. The Kier molecular flexibility index (Phi) is 4.94. The molecule has 1 aliphatic rings. The predicted octanol–water partition coefficient (Wildman–Crippen LogP) is 4.01. The van der Waals surface area contributed by atoms with Gasteiger partial charge in [-0.3, -0.25) is 9.69 Å². The van der Waals surface area contributed by atoms with Crippen molar-refractivity contribution in [2.24, 2.45) is 0 Å². The van der Waals surface area contributed by atoms with E-state index in [0.29, 0.717) is 5.69 Å². The number of halogens is 1. The number of hydrogen-bond acceptors (Lipinski definition) is 2. The summed E-state index contributed by atoms with van der Waals surface area (Å²) in [5.74, 6) is -0.226. The van der Waals surface area contributed by atoms with Crippen LogP contribution >= 0.6 is 0 Å². The molecule has 1 saturated heterocycles. The number of carbonyl (C=O) groups is 1. The Morgan fingerprint density at radius 1 is 1.19 bits per heavy atom. The first-order valence-electron chi connectivity index (χ1n) is 9.45. The van der Waals surface area contributed by atoms with Gasteiger partial charge in [0.25, 0.3) is 5.91 Å². The smallest absolute Gasteiger partial charge is 0.268 e. The van der Waals surface area contributed by atoms with Crippen LogP contribution in [-0.2, 0) is 6.54 Å². The molecule has 0 atom stereocenters. The molecule has 0 saturated carbocycles. The topological polar surface area (TPSA) is 48.1 Å². The van der Waals surface area contributed by atoms with Crippen molar-refractivity contribution in [3.8, 4) is 0 Å². The van der Waals surface area contributed by atoms with Gasteiger partial charge in [-0.05, 0) is 49.1 Å². The fourth-order valence-electron chi connectivity index (χ4n) is 3.90. The number of amides is 1. The number of piperidine rings is 1. The summed E-state index contributed by atoms with van der Waals surface area (Å²) in [6, 6.07) is 14.9. The quantitative estimate of drug-likeness (QED) is 0.734. The zero-order valence-corrected chi connectivity index (χ0v) is 15.5. The third-order valence-corrected chi connectivity index (χ3v) is 5.41. The fourth-order valence-corrected chi connectivity index (χ4v) is 3.90. The van der Waals surface area contributed by atoms with Crippen LogP contribution in [0.1, 0.15) is 34.5 Å². The van der Waals surface area contributed by atoms with E-state index in [1.165, 1.54) is 6.07 Å². The first kappa shape index (κ1) is 17.7. The summed E-state index contributed by atoms with van der Waals surface area (Å²) in [6.07, 6.45) is 1.81. The highest BCUT2D eigenvalue weighted by atomic mass is 19.1. The maximum Gasteiger partial charge on any atom is 0.268 e. The molecular weight excluding hydrogens is 341 g/mol. The molecule has 1 aromatic heterocycles. The Bertz CT molecular complexity index is 957. The van der Waals surface area contributed by atoms with Crippen molar-refractivity contribution in [2.75, 3.05) is 13.1 Å². The second kappa shape index (κ2) is 7.53. The summed E-state index contributed by atoms with van der Waals surface area (Å²) in [7, 11) is 0. The summed E-state index contributed by atoms with van der Waals surface area (Å²) in [6.45, 7) is 4.52. The summed E-state index contributed by atoms with van der Waals surface area (Å²) in [5.41, 5.74) is 3.63. The molecule has 4 rings (SSSR count). The van der Waals surface area contributed by atoms with E-state index in [2.05, 4.69) is 15.2 Å². The van der Waals surface area contributed by atoms with Crippen molar-refractivity contribution in [2.45, 2.75) is 32.4 Å². The number of para-hydroxylation sites is 1. The van der Waals surface area contributed by atoms with Gasteiger partial charge in [0, 0.05) is 36.6 Å². The Labute approximate surface area is 158 Å². The van der Waals surface area contributed by atoms with Gasteiger partial charge in [-0.15, -0.1) is 0 Å². The highest BCUT2D eigenvalue weighted by molar-refractivity contribution is 6.00. The highest BCUT2D eigenvalue weighted by Crippen LogP contribution is 2.22. The molecule has 0 spiro atoms. The molecule has 0 unspecified atom stereocenters. The molecule has 2 N–H and O–H groups in total. The van der Waals surface area contributed by atoms with Crippen LogP contribution in [-0.4, -0.2) is 34.9 Å². The Balaban J connectivity index is 1.34. The summed E-state index contributed by atoms with van der Waals surface area (Å²) < 4.78 is 13.3. The SMILES string of the molecule is Cc1c(C(=O)NC2CCN(Cc3cccc(F)c3)CC2)[nH]c2ccccc12. The summed E-state index contributed by atoms with van der Waals surface area (Å²) in [4.78, 5) is 18.3. The number of aromatic amines is 1. The van der Waals surface area contributed by atoms with Crippen LogP contribution in [0.5, 0.6) is 0 Å². The van der Waals surface area contributed by atoms with E-state index in [1.54, 1.807) is 12.1 Å². The number of aryl methyl sites for hydroxylation is 1. The number of rotatable bonds is 4. The second-order valence-corrected chi connectivity index (χ2v) is 7.32. The molecular formula is C22H24FN3O. The highest BCUT2D eigenvalue weighted by Gasteiger charge is 2.23.